The van der Waals surface area contributed by atoms with Crippen molar-refractivity contribution in [2.75, 3.05) is 23.4 Å². The molecule has 0 radical (unpaired) electrons. The van der Waals surface area contributed by atoms with E-state index < -0.39 is 0 Å². The van der Waals surface area contributed by atoms with Gasteiger partial charge in [0.25, 0.3) is 0 Å². The maximum absolute atomic E-state index is 5.73. The third-order valence-electron chi connectivity index (χ3n) is 3.41. The second-order valence-electron chi connectivity index (χ2n) is 4.84. The molecule has 1 saturated heterocycles. The largest absolute Gasteiger partial charge is 0.373 e. The Morgan fingerprint density at radius 2 is 2.26 bits per heavy atom. The lowest BCUT2D eigenvalue weighted by Crippen LogP contribution is -2.49. The van der Waals surface area contributed by atoms with Crippen LogP contribution in [-0.4, -0.2) is 40.6 Å². The van der Waals surface area contributed by atoms with E-state index in [1.165, 1.54) is 0 Å². The van der Waals surface area contributed by atoms with E-state index in [-0.39, 0.29) is 6.10 Å². The molecular formula is C14H16BrN3O. The normalized spacial score (nSPS) is 23.8. The average Bonchev–Trinajstić information content (AvgIpc) is 2.47. The Balaban J connectivity index is 1.93. The Labute approximate surface area is 120 Å². The molecule has 2 heterocycles. The predicted molar refractivity (Wildman–Crippen MR) is 79.9 cm³/mol. The minimum absolute atomic E-state index is 0.200. The Kier molecular flexibility index (Phi) is 3.66. The number of alkyl halides is 1. The van der Waals surface area contributed by atoms with Gasteiger partial charge in [-0.2, -0.15) is 0 Å². The molecule has 0 aliphatic carbocycles. The summed E-state index contributed by atoms with van der Waals surface area (Å²) < 4.78 is 5.73. The van der Waals surface area contributed by atoms with Gasteiger partial charge >= 0.3 is 0 Å². The molecule has 2 atom stereocenters. The molecule has 2 aromatic rings. The Hall–Kier alpha value is -1.20. The van der Waals surface area contributed by atoms with Crippen LogP contribution >= 0.6 is 15.9 Å². The van der Waals surface area contributed by atoms with Crippen LogP contribution in [0.3, 0.4) is 0 Å². The van der Waals surface area contributed by atoms with Crippen LogP contribution in [0.15, 0.2) is 30.5 Å². The van der Waals surface area contributed by atoms with Gasteiger partial charge in [-0.25, -0.2) is 9.97 Å². The quantitative estimate of drug-likeness (QED) is 0.797. The second-order valence-corrected chi connectivity index (χ2v) is 5.49. The molecule has 1 aliphatic heterocycles. The summed E-state index contributed by atoms with van der Waals surface area (Å²) in [5.41, 5.74) is 0.988. The number of nitrogens with zero attached hydrogens (tertiary/aromatic N) is 3. The summed E-state index contributed by atoms with van der Waals surface area (Å²) in [5, 5.41) is 1.91. The lowest BCUT2D eigenvalue weighted by atomic mass is 10.2. The van der Waals surface area contributed by atoms with Crippen molar-refractivity contribution in [2.45, 2.75) is 19.1 Å². The summed E-state index contributed by atoms with van der Waals surface area (Å²) in [6, 6.07) is 8.36. The fraction of sp³-hybridized carbons (Fsp3) is 0.429. The molecule has 100 valence electrons. The zero-order valence-electron chi connectivity index (χ0n) is 10.8. The number of hydrogen-bond acceptors (Lipinski definition) is 4. The molecule has 3 rings (SSSR count). The fourth-order valence-corrected chi connectivity index (χ4v) is 2.68. The van der Waals surface area contributed by atoms with Crippen LogP contribution in [-0.2, 0) is 4.74 Å². The number of morpholine rings is 1. The summed E-state index contributed by atoms with van der Waals surface area (Å²) in [6.07, 6.45) is 2.09. The summed E-state index contributed by atoms with van der Waals surface area (Å²) >= 11 is 3.48. The third kappa shape index (κ3) is 2.58. The van der Waals surface area contributed by atoms with Gasteiger partial charge < -0.3 is 9.64 Å². The first-order valence-corrected chi connectivity index (χ1v) is 7.56. The average molecular weight is 322 g/mol. The molecule has 2 unspecified atom stereocenters. The van der Waals surface area contributed by atoms with Crippen LogP contribution in [0.5, 0.6) is 0 Å². The number of para-hydroxylation sites is 1. The van der Waals surface area contributed by atoms with Crippen LogP contribution < -0.4 is 4.90 Å². The summed E-state index contributed by atoms with van der Waals surface area (Å²) in [5.74, 6) is 0.792. The van der Waals surface area contributed by atoms with E-state index in [1.807, 2.05) is 30.5 Å². The van der Waals surface area contributed by atoms with Crippen molar-refractivity contribution < 1.29 is 4.74 Å². The van der Waals surface area contributed by atoms with Gasteiger partial charge in [-0.1, -0.05) is 34.1 Å². The van der Waals surface area contributed by atoms with Crippen LogP contribution in [0.1, 0.15) is 6.92 Å². The Morgan fingerprint density at radius 3 is 3.11 bits per heavy atom. The van der Waals surface area contributed by atoms with E-state index in [1.54, 1.807) is 0 Å². The molecule has 1 fully saturated rings. The minimum Gasteiger partial charge on any atom is -0.373 e. The number of anilines is 1. The minimum atomic E-state index is 0.200. The van der Waals surface area contributed by atoms with Gasteiger partial charge in [-0.05, 0) is 13.0 Å². The molecule has 5 heteroatoms. The highest BCUT2D eigenvalue weighted by Gasteiger charge is 2.27. The smallest absolute Gasteiger partial charge is 0.226 e. The van der Waals surface area contributed by atoms with Crippen molar-refractivity contribution in [2.24, 2.45) is 0 Å². The lowest BCUT2D eigenvalue weighted by molar-refractivity contribution is 0.0373. The Morgan fingerprint density at radius 1 is 1.42 bits per heavy atom. The molecule has 19 heavy (non-hydrogen) atoms. The highest BCUT2D eigenvalue weighted by molar-refractivity contribution is 9.09. The SMILES string of the molecule is CC1COC(CBr)CN1c1ncc2ccccc2n1. The van der Waals surface area contributed by atoms with Gasteiger partial charge in [0.1, 0.15) is 0 Å². The van der Waals surface area contributed by atoms with Crippen LogP contribution in [0.25, 0.3) is 10.9 Å². The molecule has 1 aromatic carbocycles. The number of halogens is 1. The molecule has 1 aromatic heterocycles. The van der Waals surface area contributed by atoms with Crippen LogP contribution in [0.2, 0.25) is 0 Å². The topological polar surface area (TPSA) is 38.2 Å². The monoisotopic (exact) mass is 321 g/mol. The number of rotatable bonds is 2. The van der Waals surface area contributed by atoms with E-state index >= 15 is 0 Å². The highest BCUT2D eigenvalue weighted by Crippen LogP contribution is 2.21. The van der Waals surface area contributed by atoms with Crippen molar-refractivity contribution in [3.8, 4) is 0 Å². The van der Waals surface area contributed by atoms with E-state index in [4.69, 9.17) is 4.74 Å². The van der Waals surface area contributed by atoms with Gasteiger partial charge in [0.15, 0.2) is 0 Å². The zero-order chi connectivity index (χ0) is 13.2. The first-order valence-electron chi connectivity index (χ1n) is 6.44. The van der Waals surface area contributed by atoms with Crippen molar-refractivity contribution in [1.29, 1.82) is 0 Å². The molecule has 0 amide bonds. The van der Waals surface area contributed by atoms with Gasteiger partial charge in [0.2, 0.25) is 5.95 Å². The van der Waals surface area contributed by atoms with Gasteiger partial charge in [0.05, 0.1) is 24.3 Å². The predicted octanol–water partition coefficient (Wildman–Crippen LogP) is 2.62. The number of ether oxygens (including phenoxy) is 1. The lowest BCUT2D eigenvalue weighted by Gasteiger charge is -2.37. The van der Waals surface area contributed by atoms with Gasteiger partial charge in [0, 0.05) is 23.5 Å². The maximum atomic E-state index is 5.73. The van der Waals surface area contributed by atoms with Crippen molar-refractivity contribution in [3.05, 3.63) is 30.5 Å². The molecule has 0 bridgehead atoms. The third-order valence-corrected chi connectivity index (χ3v) is 4.13. The Bertz CT molecular complexity index is 577. The summed E-state index contributed by atoms with van der Waals surface area (Å²) in [7, 11) is 0. The van der Waals surface area contributed by atoms with E-state index in [0.29, 0.717) is 12.6 Å². The number of aromatic nitrogens is 2. The van der Waals surface area contributed by atoms with E-state index in [9.17, 15) is 0 Å². The maximum Gasteiger partial charge on any atom is 0.226 e. The molecule has 1 aliphatic rings. The first-order chi connectivity index (χ1) is 9.28. The van der Waals surface area contributed by atoms with Crippen molar-refractivity contribution in [1.82, 2.24) is 9.97 Å². The van der Waals surface area contributed by atoms with Gasteiger partial charge in [-0.15, -0.1) is 0 Å². The van der Waals surface area contributed by atoms with Crippen LogP contribution in [0, 0.1) is 0 Å². The molecule has 4 nitrogen and oxygen atoms in total. The zero-order valence-corrected chi connectivity index (χ0v) is 12.4. The second kappa shape index (κ2) is 5.43. The van der Waals surface area contributed by atoms with Crippen molar-refractivity contribution >= 4 is 32.8 Å². The van der Waals surface area contributed by atoms with Crippen LogP contribution in [0.4, 0.5) is 5.95 Å². The first kappa shape index (κ1) is 12.8. The number of hydrogen-bond donors (Lipinski definition) is 0. The number of benzene rings is 1. The molecule has 0 saturated carbocycles. The molecular weight excluding hydrogens is 306 g/mol. The van der Waals surface area contributed by atoms with E-state index in [0.717, 1.165) is 28.7 Å². The fourth-order valence-electron chi connectivity index (χ4n) is 2.29. The standard InChI is InChI=1S/C14H16BrN3O/c1-10-9-19-12(6-15)8-18(10)14-16-7-11-4-2-3-5-13(11)17-14/h2-5,7,10,12H,6,8-9H2,1H3. The van der Waals surface area contributed by atoms with E-state index in [2.05, 4.69) is 37.7 Å². The molecule has 0 N–H and O–H groups in total. The van der Waals surface area contributed by atoms with Crippen molar-refractivity contribution in [3.63, 3.8) is 0 Å². The molecule has 0 spiro atoms. The van der Waals surface area contributed by atoms with Gasteiger partial charge in [-0.3, -0.25) is 0 Å². The summed E-state index contributed by atoms with van der Waals surface area (Å²) in [6.45, 7) is 3.68. The highest BCUT2D eigenvalue weighted by atomic mass is 79.9. The summed E-state index contributed by atoms with van der Waals surface area (Å²) in [4.78, 5) is 11.4. The number of fused-ring (bicyclic) bond motifs is 1.